The minimum atomic E-state index is 0.0697. The molecule has 0 spiro atoms. The van der Waals surface area contributed by atoms with Crippen LogP contribution in [0.1, 0.15) is 44.9 Å². The van der Waals surface area contributed by atoms with E-state index < -0.39 is 0 Å². The van der Waals surface area contributed by atoms with E-state index in [-0.39, 0.29) is 11.5 Å². The van der Waals surface area contributed by atoms with Gasteiger partial charge in [-0.25, -0.2) is 9.97 Å². The summed E-state index contributed by atoms with van der Waals surface area (Å²) in [5.74, 6) is 0.856. The molecule has 0 aromatic carbocycles. The van der Waals surface area contributed by atoms with Crippen LogP contribution in [0.5, 0.6) is 0 Å². The van der Waals surface area contributed by atoms with Crippen molar-refractivity contribution in [3.05, 3.63) is 23.3 Å². The predicted molar refractivity (Wildman–Crippen MR) is 62.8 cm³/mol. The maximum Gasteiger partial charge on any atom is 0.130 e. The number of hydrogen-bond acceptors (Lipinski definition) is 3. The Morgan fingerprint density at radius 3 is 2.40 bits per heavy atom. The topological polar surface area (TPSA) is 51.8 Å². The Morgan fingerprint density at radius 1 is 1.33 bits per heavy atom. The molecular weight excluding hydrogens is 186 g/mol. The maximum atomic E-state index is 5.75. The van der Waals surface area contributed by atoms with Gasteiger partial charge in [0.15, 0.2) is 0 Å². The molecule has 0 aliphatic carbocycles. The summed E-state index contributed by atoms with van der Waals surface area (Å²) in [4.78, 5) is 8.95. The van der Waals surface area contributed by atoms with Crippen LogP contribution in [0.4, 0.5) is 0 Å². The lowest BCUT2D eigenvalue weighted by atomic mass is 9.91. The Bertz CT molecular complexity index is 337. The number of nitrogens with two attached hydrogens (primary N) is 1. The van der Waals surface area contributed by atoms with E-state index in [1.165, 1.54) is 0 Å². The van der Waals surface area contributed by atoms with Gasteiger partial charge in [0.05, 0.1) is 0 Å². The molecule has 0 amide bonds. The van der Waals surface area contributed by atoms with Crippen LogP contribution in [0.25, 0.3) is 0 Å². The first-order chi connectivity index (χ1) is 6.79. The first-order valence-electron chi connectivity index (χ1n) is 5.39. The molecule has 0 aliphatic heterocycles. The molecule has 3 heteroatoms. The molecule has 0 saturated heterocycles. The Morgan fingerprint density at radius 2 is 1.93 bits per heavy atom. The highest BCUT2D eigenvalue weighted by Gasteiger charge is 2.17. The van der Waals surface area contributed by atoms with Crippen molar-refractivity contribution in [1.82, 2.24) is 9.97 Å². The van der Waals surface area contributed by atoms with Crippen molar-refractivity contribution >= 4 is 0 Å². The van der Waals surface area contributed by atoms with Gasteiger partial charge in [-0.15, -0.1) is 0 Å². The standard InChI is InChI=1S/C12H21N3/c1-8(13)6-11-14-9(2)7-10(15-11)12(3,4)5/h7-8H,6,13H2,1-5H3. The molecule has 1 unspecified atom stereocenters. The summed E-state index contributed by atoms with van der Waals surface area (Å²) >= 11 is 0. The first kappa shape index (κ1) is 12.1. The molecule has 1 heterocycles. The molecule has 0 radical (unpaired) electrons. The Balaban J connectivity index is 3.06. The minimum Gasteiger partial charge on any atom is -0.328 e. The van der Waals surface area contributed by atoms with Crippen LogP contribution < -0.4 is 5.73 Å². The third kappa shape index (κ3) is 3.59. The maximum absolute atomic E-state index is 5.75. The van der Waals surface area contributed by atoms with Crippen LogP contribution in [0.2, 0.25) is 0 Å². The third-order valence-electron chi connectivity index (χ3n) is 2.17. The van der Waals surface area contributed by atoms with E-state index in [4.69, 9.17) is 5.73 Å². The SMILES string of the molecule is Cc1cc(C(C)(C)C)nc(CC(C)N)n1. The summed E-state index contributed by atoms with van der Waals surface area (Å²) in [5, 5.41) is 0. The number of rotatable bonds is 2. The van der Waals surface area contributed by atoms with Gasteiger partial charge in [-0.3, -0.25) is 0 Å². The van der Waals surface area contributed by atoms with Crippen molar-refractivity contribution in [3.63, 3.8) is 0 Å². The molecule has 1 aromatic rings. The van der Waals surface area contributed by atoms with Crippen molar-refractivity contribution in [2.75, 3.05) is 0 Å². The zero-order chi connectivity index (χ0) is 11.6. The van der Waals surface area contributed by atoms with E-state index in [1.54, 1.807) is 0 Å². The fourth-order valence-electron chi connectivity index (χ4n) is 1.39. The number of hydrogen-bond donors (Lipinski definition) is 1. The molecule has 3 nitrogen and oxygen atoms in total. The lowest BCUT2D eigenvalue weighted by Crippen LogP contribution is -2.22. The number of nitrogens with zero attached hydrogens (tertiary/aromatic N) is 2. The van der Waals surface area contributed by atoms with Gasteiger partial charge >= 0.3 is 0 Å². The average molecular weight is 207 g/mol. The quantitative estimate of drug-likeness (QED) is 0.806. The van der Waals surface area contributed by atoms with E-state index in [0.717, 1.165) is 23.6 Å². The molecule has 0 aliphatic rings. The lowest BCUT2D eigenvalue weighted by Gasteiger charge is -2.19. The van der Waals surface area contributed by atoms with Crippen LogP contribution in [-0.4, -0.2) is 16.0 Å². The highest BCUT2D eigenvalue weighted by atomic mass is 14.9. The fourth-order valence-corrected chi connectivity index (χ4v) is 1.39. The summed E-state index contributed by atoms with van der Waals surface area (Å²) in [6, 6.07) is 2.16. The summed E-state index contributed by atoms with van der Waals surface area (Å²) in [6.45, 7) is 10.4. The highest BCUT2D eigenvalue weighted by Crippen LogP contribution is 2.20. The van der Waals surface area contributed by atoms with Crippen molar-refractivity contribution in [3.8, 4) is 0 Å². The van der Waals surface area contributed by atoms with Crippen molar-refractivity contribution in [1.29, 1.82) is 0 Å². The second-order valence-corrected chi connectivity index (χ2v) is 5.24. The van der Waals surface area contributed by atoms with Crippen LogP contribution >= 0.6 is 0 Å². The zero-order valence-electron chi connectivity index (χ0n) is 10.3. The molecule has 0 bridgehead atoms. The number of aryl methyl sites for hydroxylation is 1. The molecule has 2 N–H and O–H groups in total. The second kappa shape index (κ2) is 4.27. The predicted octanol–water partition coefficient (Wildman–Crippen LogP) is 1.97. The first-order valence-corrected chi connectivity index (χ1v) is 5.39. The van der Waals surface area contributed by atoms with E-state index >= 15 is 0 Å². The van der Waals surface area contributed by atoms with E-state index in [9.17, 15) is 0 Å². The van der Waals surface area contributed by atoms with E-state index in [1.807, 2.05) is 19.9 Å². The zero-order valence-corrected chi connectivity index (χ0v) is 10.3. The molecule has 1 atom stereocenters. The van der Waals surface area contributed by atoms with Crippen LogP contribution in [0.3, 0.4) is 0 Å². The Kier molecular flexibility index (Phi) is 3.45. The minimum absolute atomic E-state index is 0.0697. The van der Waals surface area contributed by atoms with Crippen molar-refractivity contribution < 1.29 is 0 Å². The van der Waals surface area contributed by atoms with Gasteiger partial charge in [0.1, 0.15) is 5.82 Å². The van der Waals surface area contributed by atoms with Crippen LogP contribution in [0, 0.1) is 6.92 Å². The Labute approximate surface area is 92.1 Å². The van der Waals surface area contributed by atoms with Crippen molar-refractivity contribution in [2.24, 2.45) is 5.73 Å². The molecule has 0 saturated carbocycles. The van der Waals surface area contributed by atoms with Gasteiger partial charge < -0.3 is 5.73 Å². The molecular formula is C12H21N3. The largest absolute Gasteiger partial charge is 0.328 e. The Hall–Kier alpha value is -0.960. The third-order valence-corrected chi connectivity index (χ3v) is 2.17. The monoisotopic (exact) mass is 207 g/mol. The van der Waals surface area contributed by atoms with Gasteiger partial charge in [-0.1, -0.05) is 20.8 Å². The van der Waals surface area contributed by atoms with Gasteiger partial charge in [0, 0.05) is 29.3 Å². The highest BCUT2D eigenvalue weighted by molar-refractivity contribution is 5.17. The van der Waals surface area contributed by atoms with Gasteiger partial charge in [0.25, 0.3) is 0 Å². The van der Waals surface area contributed by atoms with Gasteiger partial charge in [-0.05, 0) is 19.9 Å². The summed E-state index contributed by atoms with van der Waals surface area (Å²) in [5.41, 5.74) is 7.93. The summed E-state index contributed by atoms with van der Waals surface area (Å²) in [7, 11) is 0. The molecule has 15 heavy (non-hydrogen) atoms. The van der Waals surface area contributed by atoms with Gasteiger partial charge in [-0.2, -0.15) is 0 Å². The molecule has 0 fully saturated rings. The average Bonchev–Trinajstić information content (AvgIpc) is 1.99. The lowest BCUT2D eigenvalue weighted by molar-refractivity contribution is 0.556. The fraction of sp³-hybridized carbons (Fsp3) is 0.667. The second-order valence-electron chi connectivity index (χ2n) is 5.24. The summed E-state index contributed by atoms with van der Waals surface area (Å²) in [6.07, 6.45) is 0.741. The smallest absolute Gasteiger partial charge is 0.130 e. The molecule has 1 rings (SSSR count). The normalized spacial score (nSPS) is 14.0. The van der Waals surface area contributed by atoms with Crippen molar-refractivity contribution in [2.45, 2.75) is 52.5 Å². The van der Waals surface area contributed by atoms with E-state index in [2.05, 4.69) is 30.7 Å². The van der Waals surface area contributed by atoms with Gasteiger partial charge in [0.2, 0.25) is 0 Å². The molecule has 84 valence electrons. The number of aromatic nitrogens is 2. The molecule has 1 aromatic heterocycles. The van der Waals surface area contributed by atoms with Crippen LogP contribution in [0.15, 0.2) is 6.07 Å². The van der Waals surface area contributed by atoms with Crippen LogP contribution in [-0.2, 0) is 11.8 Å². The summed E-state index contributed by atoms with van der Waals surface area (Å²) < 4.78 is 0. The van der Waals surface area contributed by atoms with E-state index in [0.29, 0.717) is 0 Å².